The third-order valence-electron chi connectivity index (χ3n) is 5.80. The van der Waals surface area contributed by atoms with E-state index >= 15 is 0 Å². The van der Waals surface area contributed by atoms with Gasteiger partial charge in [0.05, 0.1) is 23.0 Å². The zero-order valence-corrected chi connectivity index (χ0v) is 15.7. The van der Waals surface area contributed by atoms with Gasteiger partial charge in [0.25, 0.3) is 17.5 Å². The van der Waals surface area contributed by atoms with Gasteiger partial charge in [0.15, 0.2) is 0 Å². The minimum Gasteiger partial charge on any atom is -0.455 e. The van der Waals surface area contributed by atoms with Crippen molar-refractivity contribution >= 4 is 35.3 Å². The van der Waals surface area contributed by atoms with E-state index in [-0.39, 0.29) is 46.2 Å². The number of halogens is 1. The van der Waals surface area contributed by atoms with Crippen molar-refractivity contribution in [1.82, 2.24) is 5.01 Å². The smallest absolute Gasteiger partial charge is 0.288 e. The summed E-state index contributed by atoms with van der Waals surface area (Å²) in [6.45, 7) is 0. The van der Waals surface area contributed by atoms with Gasteiger partial charge in [0.2, 0.25) is 0 Å². The number of nitro groups is 1. The summed E-state index contributed by atoms with van der Waals surface area (Å²) in [5, 5.41) is 16.1. The fraction of sp³-hybridized carbons (Fsp3) is 0.250. The summed E-state index contributed by atoms with van der Waals surface area (Å²) in [5.74, 6) is -0.217. The monoisotopic (exact) mass is 411 g/mol. The Kier molecular flexibility index (Phi) is 3.92. The summed E-state index contributed by atoms with van der Waals surface area (Å²) in [4.78, 5) is 35.7. The molecule has 2 heterocycles. The molecule has 8 nitrogen and oxygen atoms in total. The molecule has 1 aromatic heterocycles. The minimum atomic E-state index is -0.569. The number of nitro benzene ring substituents is 1. The molecule has 146 valence electrons. The first-order chi connectivity index (χ1) is 13.9. The quantitative estimate of drug-likeness (QED) is 0.251. The molecule has 9 heteroatoms. The second-order valence-corrected chi connectivity index (χ2v) is 7.77. The van der Waals surface area contributed by atoms with E-state index in [0.29, 0.717) is 17.1 Å². The Morgan fingerprint density at radius 1 is 1.14 bits per heavy atom. The average molecular weight is 412 g/mol. The molecule has 0 unspecified atom stereocenters. The fourth-order valence-electron chi connectivity index (χ4n) is 4.50. The van der Waals surface area contributed by atoms with E-state index in [1.165, 1.54) is 18.3 Å². The molecule has 2 aromatic rings. The number of carbonyl (C=O) groups excluding carboxylic acids is 2. The van der Waals surface area contributed by atoms with Gasteiger partial charge in [-0.3, -0.25) is 19.7 Å². The zero-order chi connectivity index (χ0) is 20.3. The first-order valence-electron chi connectivity index (χ1n) is 9.08. The van der Waals surface area contributed by atoms with E-state index < -0.39 is 4.92 Å². The van der Waals surface area contributed by atoms with Crippen LogP contribution < -0.4 is 0 Å². The number of allylic oxidation sites excluding steroid dienone is 2. The zero-order valence-electron chi connectivity index (χ0n) is 14.9. The van der Waals surface area contributed by atoms with Gasteiger partial charge in [0, 0.05) is 11.6 Å². The highest BCUT2D eigenvalue weighted by molar-refractivity contribution is 6.32. The van der Waals surface area contributed by atoms with Crippen LogP contribution in [0.3, 0.4) is 0 Å². The molecular weight excluding hydrogens is 398 g/mol. The molecule has 3 aliphatic rings. The summed E-state index contributed by atoms with van der Waals surface area (Å²) >= 11 is 5.83. The molecule has 0 radical (unpaired) electrons. The van der Waals surface area contributed by atoms with E-state index in [1.807, 2.05) is 12.2 Å². The third kappa shape index (κ3) is 2.71. The maximum absolute atomic E-state index is 12.6. The number of furan rings is 1. The van der Waals surface area contributed by atoms with Crippen molar-refractivity contribution in [1.29, 1.82) is 0 Å². The van der Waals surface area contributed by atoms with Crippen molar-refractivity contribution in [3.05, 3.63) is 63.4 Å². The van der Waals surface area contributed by atoms with Crippen molar-refractivity contribution in [2.24, 2.45) is 28.8 Å². The van der Waals surface area contributed by atoms with Crippen LogP contribution in [0.25, 0.3) is 11.3 Å². The number of imide groups is 1. The lowest BCUT2D eigenvalue weighted by molar-refractivity contribution is -0.384. The Morgan fingerprint density at radius 2 is 1.83 bits per heavy atom. The van der Waals surface area contributed by atoms with E-state index in [1.54, 1.807) is 18.2 Å². The van der Waals surface area contributed by atoms with Gasteiger partial charge in [-0.05, 0) is 42.5 Å². The first-order valence-corrected chi connectivity index (χ1v) is 9.46. The molecule has 2 bridgehead atoms. The van der Waals surface area contributed by atoms with Crippen LogP contribution in [0.4, 0.5) is 5.69 Å². The summed E-state index contributed by atoms with van der Waals surface area (Å²) < 4.78 is 5.65. The van der Waals surface area contributed by atoms with Gasteiger partial charge < -0.3 is 4.42 Å². The van der Waals surface area contributed by atoms with Crippen LogP contribution in [0.5, 0.6) is 0 Å². The number of fused-ring (bicyclic) bond motifs is 5. The number of hydrazone groups is 1. The molecule has 2 aliphatic carbocycles. The van der Waals surface area contributed by atoms with Gasteiger partial charge in [-0.1, -0.05) is 23.8 Å². The Balaban J connectivity index is 1.37. The highest BCUT2D eigenvalue weighted by Gasteiger charge is 2.59. The van der Waals surface area contributed by atoms with Gasteiger partial charge in [-0.25, -0.2) is 0 Å². The molecule has 1 saturated carbocycles. The highest BCUT2D eigenvalue weighted by atomic mass is 35.5. The van der Waals surface area contributed by atoms with Crippen molar-refractivity contribution in [3.63, 3.8) is 0 Å². The van der Waals surface area contributed by atoms with Crippen LogP contribution in [-0.2, 0) is 9.59 Å². The van der Waals surface area contributed by atoms with Crippen molar-refractivity contribution in [3.8, 4) is 11.3 Å². The second kappa shape index (κ2) is 6.38. The number of hydrogen-bond acceptors (Lipinski definition) is 6. The van der Waals surface area contributed by atoms with E-state index in [0.717, 1.165) is 11.4 Å². The van der Waals surface area contributed by atoms with Gasteiger partial charge in [-0.15, -0.1) is 0 Å². The Morgan fingerprint density at radius 3 is 2.48 bits per heavy atom. The lowest BCUT2D eigenvalue weighted by Crippen LogP contribution is -2.28. The number of carbonyl (C=O) groups is 2. The van der Waals surface area contributed by atoms with E-state index in [2.05, 4.69) is 5.10 Å². The fourth-order valence-corrected chi connectivity index (χ4v) is 4.68. The molecule has 2 fully saturated rings. The van der Waals surface area contributed by atoms with Crippen LogP contribution in [-0.4, -0.2) is 28.0 Å². The number of rotatable bonds is 4. The van der Waals surface area contributed by atoms with Gasteiger partial charge >= 0.3 is 0 Å². The van der Waals surface area contributed by atoms with Crippen LogP contribution in [0.1, 0.15) is 12.2 Å². The number of hydrogen-bond donors (Lipinski definition) is 0. The molecule has 5 rings (SSSR count). The second-order valence-electron chi connectivity index (χ2n) is 7.36. The first kappa shape index (κ1) is 17.8. The van der Waals surface area contributed by atoms with Crippen molar-refractivity contribution in [2.75, 3.05) is 0 Å². The predicted octanol–water partition coefficient (Wildman–Crippen LogP) is 3.65. The molecule has 4 atom stereocenters. The molecule has 1 saturated heterocycles. The van der Waals surface area contributed by atoms with E-state index in [4.69, 9.17) is 16.0 Å². The van der Waals surface area contributed by atoms with E-state index in [9.17, 15) is 19.7 Å². The average Bonchev–Trinajstić information content (AvgIpc) is 3.46. The molecule has 1 aromatic carbocycles. The summed E-state index contributed by atoms with van der Waals surface area (Å²) in [6.07, 6.45) is 6.21. The highest BCUT2D eigenvalue weighted by Crippen LogP contribution is 2.52. The Labute approximate surface area is 169 Å². The molecule has 0 N–H and O–H groups in total. The lowest BCUT2D eigenvalue weighted by Gasteiger charge is -2.13. The van der Waals surface area contributed by atoms with Crippen molar-refractivity contribution in [2.45, 2.75) is 6.42 Å². The van der Waals surface area contributed by atoms with Crippen LogP contribution in [0, 0.1) is 33.8 Å². The topological polar surface area (TPSA) is 106 Å². The largest absolute Gasteiger partial charge is 0.455 e. The number of benzene rings is 1. The van der Waals surface area contributed by atoms with Crippen molar-refractivity contribution < 1.29 is 18.9 Å². The Bertz CT molecular complexity index is 1090. The van der Waals surface area contributed by atoms with Gasteiger partial charge in [-0.2, -0.15) is 10.1 Å². The van der Waals surface area contributed by atoms with Crippen LogP contribution >= 0.6 is 11.6 Å². The molecule has 0 spiro atoms. The molecule has 2 amide bonds. The maximum atomic E-state index is 12.6. The molecule has 29 heavy (non-hydrogen) atoms. The minimum absolute atomic E-state index is 0.0344. The maximum Gasteiger partial charge on any atom is 0.288 e. The predicted molar refractivity (Wildman–Crippen MR) is 103 cm³/mol. The normalized spacial score (nSPS) is 27.4. The number of amides is 2. The Hall–Kier alpha value is -3.26. The summed E-state index contributed by atoms with van der Waals surface area (Å²) in [7, 11) is 0. The lowest BCUT2D eigenvalue weighted by atomic mass is 9.85. The molecule has 1 aliphatic heterocycles. The van der Waals surface area contributed by atoms with Crippen LogP contribution in [0.15, 0.2) is 52.0 Å². The third-order valence-corrected chi connectivity index (χ3v) is 6.12. The van der Waals surface area contributed by atoms with Crippen LogP contribution in [0.2, 0.25) is 5.02 Å². The molecular formula is C20H14ClN3O5. The van der Waals surface area contributed by atoms with Gasteiger partial charge in [0.1, 0.15) is 16.5 Å². The number of nitrogens with zero attached hydrogens (tertiary/aromatic N) is 3. The summed E-state index contributed by atoms with van der Waals surface area (Å²) in [5.41, 5.74) is 0.255. The summed E-state index contributed by atoms with van der Waals surface area (Å²) in [6, 6.07) is 7.58. The SMILES string of the molecule is O=C1[C@@H]2[C@@H](C(=O)N1/N=C\c1ccc(-c3ccc(Cl)c([N+](=O)[O-])c3)o1)[C@H]1C=C[C@@H]2C1. The standard InChI is InChI=1S/C20H14ClN3O5/c21-14-5-3-10(8-15(14)24(27)28)16-6-4-13(29-16)9-22-23-19(25)17-11-1-2-12(7-11)18(17)20(23)26/h1-6,8-9,11-12,17-18H,7H2/b22-9-/t11-,12+,17-,18-/m0/s1.